The average molecular weight is 461 g/mol. The van der Waals surface area contributed by atoms with E-state index in [-0.39, 0.29) is 30.1 Å². The van der Waals surface area contributed by atoms with Crippen LogP contribution in [0.5, 0.6) is 0 Å². The highest BCUT2D eigenvalue weighted by atomic mass is 19.3. The number of nitrogens with one attached hydrogen (secondary N) is 2. The largest absolute Gasteiger partial charge is 0.398 e. The third-order valence-corrected chi connectivity index (χ3v) is 5.85. The zero-order chi connectivity index (χ0) is 23.9. The molecular formula is C24H21F2N7O. The molecule has 3 aromatic heterocycles. The Morgan fingerprint density at radius 2 is 2.00 bits per heavy atom. The van der Waals surface area contributed by atoms with Gasteiger partial charge in [-0.05, 0) is 35.4 Å². The van der Waals surface area contributed by atoms with Gasteiger partial charge in [0.1, 0.15) is 5.71 Å². The summed E-state index contributed by atoms with van der Waals surface area (Å²) < 4.78 is 27.1. The Morgan fingerprint density at radius 3 is 2.79 bits per heavy atom. The number of alkyl halides is 2. The third kappa shape index (κ3) is 4.27. The maximum absolute atomic E-state index is 13.5. The van der Waals surface area contributed by atoms with Crippen molar-refractivity contribution in [3.8, 4) is 11.1 Å². The van der Waals surface area contributed by atoms with Gasteiger partial charge < -0.3 is 10.7 Å². The number of hydrogen-bond donors (Lipinski definition) is 3. The van der Waals surface area contributed by atoms with Crippen molar-refractivity contribution in [2.45, 2.75) is 18.9 Å². The lowest BCUT2D eigenvalue weighted by Crippen LogP contribution is -2.24. The zero-order valence-electron chi connectivity index (χ0n) is 18.1. The van der Waals surface area contributed by atoms with E-state index in [9.17, 15) is 13.6 Å². The Balaban J connectivity index is 1.45. The van der Waals surface area contributed by atoms with Crippen LogP contribution in [-0.2, 0) is 6.54 Å². The molecule has 0 spiro atoms. The first kappa shape index (κ1) is 21.8. The van der Waals surface area contributed by atoms with Crippen molar-refractivity contribution in [2.75, 3.05) is 18.8 Å². The number of nitrogens with two attached hydrogens (primary N) is 1. The molecule has 0 bridgehead atoms. The number of pyridine rings is 2. The summed E-state index contributed by atoms with van der Waals surface area (Å²) >= 11 is 0. The van der Waals surface area contributed by atoms with Crippen LogP contribution in [0.15, 0.2) is 59.9 Å². The van der Waals surface area contributed by atoms with E-state index < -0.39 is 5.92 Å². The second kappa shape index (κ2) is 8.38. The van der Waals surface area contributed by atoms with Crippen molar-refractivity contribution in [1.82, 2.24) is 24.8 Å². The minimum absolute atomic E-state index is 0.0365. The van der Waals surface area contributed by atoms with Crippen molar-refractivity contribution in [2.24, 2.45) is 0 Å². The molecule has 4 heterocycles. The van der Waals surface area contributed by atoms with Crippen molar-refractivity contribution >= 4 is 22.3 Å². The van der Waals surface area contributed by atoms with E-state index in [1.54, 1.807) is 41.6 Å². The van der Waals surface area contributed by atoms with Crippen LogP contribution >= 0.6 is 0 Å². The number of nitrogens with zero attached hydrogens (tertiary/aromatic N) is 4. The molecule has 0 aliphatic carbocycles. The predicted octanol–water partition coefficient (Wildman–Crippen LogP) is 3.22. The van der Waals surface area contributed by atoms with Gasteiger partial charge in [-0.15, -0.1) is 0 Å². The highest BCUT2D eigenvalue weighted by molar-refractivity contribution is 6.12. The monoisotopic (exact) mass is 461 g/mol. The van der Waals surface area contributed by atoms with Gasteiger partial charge in [-0.25, -0.2) is 13.8 Å². The summed E-state index contributed by atoms with van der Waals surface area (Å²) in [4.78, 5) is 29.4. The van der Waals surface area contributed by atoms with Gasteiger partial charge in [-0.2, -0.15) is 0 Å². The summed E-state index contributed by atoms with van der Waals surface area (Å²) in [5.41, 5.74) is 9.21. The normalized spacial score (nSPS) is 15.6. The average Bonchev–Trinajstić information content (AvgIpc) is 3.17. The van der Waals surface area contributed by atoms with Gasteiger partial charge in [0.25, 0.3) is 11.5 Å². The second-order valence-electron chi connectivity index (χ2n) is 8.38. The minimum Gasteiger partial charge on any atom is -0.398 e. The Kier molecular flexibility index (Phi) is 5.37. The fourth-order valence-electron chi connectivity index (χ4n) is 4.12. The molecule has 0 atom stereocenters. The van der Waals surface area contributed by atoms with Crippen LogP contribution in [0.3, 0.4) is 0 Å². The Hall–Kier alpha value is -4.05. The van der Waals surface area contributed by atoms with Crippen molar-refractivity contribution in [3.05, 3.63) is 82.4 Å². The lowest BCUT2D eigenvalue weighted by Gasteiger charge is -2.16. The molecule has 1 aliphatic heterocycles. The van der Waals surface area contributed by atoms with Crippen LogP contribution < -0.4 is 11.3 Å². The molecule has 10 heteroatoms. The van der Waals surface area contributed by atoms with E-state index in [1.165, 1.54) is 12.4 Å². The van der Waals surface area contributed by atoms with Crippen molar-refractivity contribution < 1.29 is 8.78 Å². The third-order valence-electron chi connectivity index (χ3n) is 5.85. The van der Waals surface area contributed by atoms with E-state index in [0.29, 0.717) is 35.2 Å². The summed E-state index contributed by atoms with van der Waals surface area (Å²) in [6.45, 7) is 0.462. The Labute approximate surface area is 193 Å². The molecule has 0 saturated carbocycles. The van der Waals surface area contributed by atoms with Gasteiger partial charge in [-0.1, -0.05) is 6.07 Å². The molecule has 1 aliphatic rings. The number of benzene rings is 1. The standard InChI is InChI=1S/C24H21F2N7O/c25-24(26)4-6-33(13-24)12-14-7-16(10-30-9-14)15-1-2-19(27)18(8-15)21(28)22-31-20-11-29-5-3-17(20)23(34)32-22/h1-3,5,7-11,28H,4,6,12-13,27H2,(H,31,32,34). The first-order chi connectivity index (χ1) is 16.3. The van der Waals surface area contributed by atoms with E-state index in [0.717, 1.165) is 16.7 Å². The maximum atomic E-state index is 13.5. The number of fused-ring (bicyclic) bond motifs is 1. The highest BCUT2D eigenvalue weighted by Gasteiger charge is 2.37. The molecular weight excluding hydrogens is 440 g/mol. The molecule has 1 saturated heterocycles. The van der Waals surface area contributed by atoms with Gasteiger partial charge in [0, 0.05) is 54.9 Å². The van der Waals surface area contributed by atoms with Gasteiger partial charge in [0.2, 0.25) is 0 Å². The summed E-state index contributed by atoms with van der Waals surface area (Å²) in [7, 11) is 0. The Morgan fingerprint density at radius 1 is 1.15 bits per heavy atom. The molecule has 1 fully saturated rings. The van der Waals surface area contributed by atoms with Gasteiger partial charge in [0.05, 0.1) is 23.6 Å². The predicted molar refractivity (Wildman–Crippen MR) is 125 cm³/mol. The number of halogens is 2. The van der Waals surface area contributed by atoms with E-state index in [1.807, 2.05) is 6.07 Å². The zero-order valence-corrected chi connectivity index (χ0v) is 18.1. The van der Waals surface area contributed by atoms with Gasteiger partial charge >= 0.3 is 0 Å². The molecule has 0 radical (unpaired) electrons. The molecule has 4 N–H and O–H groups in total. The highest BCUT2D eigenvalue weighted by Crippen LogP contribution is 2.29. The number of likely N-dealkylation sites (tertiary alicyclic amines) is 1. The SMILES string of the molecule is N=C(c1nc2cnccc2c(=O)[nH]1)c1cc(-c2cncc(CN3CCC(F)(F)C3)c2)ccc1N. The summed E-state index contributed by atoms with van der Waals surface area (Å²) in [5.74, 6) is -2.57. The summed E-state index contributed by atoms with van der Waals surface area (Å²) in [5, 5.41) is 9.03. The number of nitrogen functional groups attached to an aromatic ring is 1. The van der Waals surface area contributed by atoms with Crippen LogP contribution in [0.4, 0.5) is 14.5 Å². The van der Waals surface area contributed by atoms with Gasteiger partial charge in [-0.3, -0.25) is 25.1 Å². The van der Waals surface area contributed by atoms with E-state index in [2.05, 4.69) is 19.9 Å². The smallest absolute Gasteiger partial charge is 0.261 e. The Bertz CT molecular complexity index is 1470. The first-order valence-corrected chi connectivity index (χ1v) is 10.7. The molecule has 34 heavy (non-hydrogen) atoms. The van der Waals surface area contributed by atoms with Crippen LogP contribution in [0.25, 0.3) is 22.0 Å². The van der Waals surface area contributed by atoms with Crippen molar-refractivity contribution in [3.63, 3.8) is 0 Å². The molecule has 4 aromatic rings. The molecule has 0 amide bonds. The quantitative estimate of drug-likeness (QED) is 0.310. The van der Waals surface area contributed by atoms with Crippen LogP contribution in [0.1, 0.15) is 23.4 Å². The molecule has 8 nitrogen and oxygen atoms in total. The molecule has 1 aromatic carbocycles. The number of aromatic nitrogens is 4. The number of rotatable bonds is 5. The summed E-state index contributed by atoms with van der Waals surface area (Å²) in [6, 6.07) is 8.66. The van der Waals surface area contributed by atoms with Gasteiger partial charge in [0.15, 0.2) is 5.82 Å². The number of anilines is 1. The molecule has 172 valence electrons. The lowest BCUT2D eigenvalue weighted by molar-refractivity contribution is 0.0115. The second-order valence-corrected chi connectivity index (χ2v) is 8.38. The molecule has 5 rings (SSSR count). The van der Waals surface area contributed by atoms with E-state index >= 15 is 0 Å². The van der Waals surface area contributed by atoms with Crippen molar-refractivity contribution in [1.29, 1.82) is 5.41 Å². The van der Waals surface area contributed by atoms with Crippen LogP contribution in [0, 0.1) is 5.41 Å². The molecule has 0 unspecified atom stereocenters. The first-order valence-electron chi connectivity index (χ1n) is 10.7. The summed E-state index contributed by atoms with van der Waals surface area (Å²) in [6.07, 6.45) is 6.17. The minimum atomic E-state index is -2.65. The lowest BCUT2D eigenvalue weighted by atomic mass is 9.99. The van der Waals surface area contributed by atoms with E-state index in [4.69, 9.17) is 11.1 Å². The topological polar surface area (TPSA) is 125 Å². The fourth-order valence-corrected chi connectivity index (χ4v) is 4.12. The fraction of sp³-hybridized carbons (Fsp3) is 0.208. The number of hydrogen-bond acceptors (Lipinski definition) is 7. The number of H-pyrrole nitrogens is 1. The maximum Gasteiger partial charge on any atom is 0.261 e. The number of aromatic amines is 1. The van der Waals surface area contributed by atoms with Crippen LogP contribution in [-0.4, -0.2) is 49.6 Å². The van der Waals surface area contributed by atoms with Crippen LogP contribution in [0.2, 0.25) is 0 Å².